The molecular formula is C20H19N5. The molecular weight excluding hydrogens is 310 g/mol. The van der Waals surface area contributed by atoms with Gasteiger partial charge in [-0.05, 0) is 41.7 Å². The summed E-state index contributed by atoms with van der Waals surface area (Å²) in [5.74, 6) is 0. The van der Waals surface area contributed by atoms with E-state index in [0.717, 1.165) is 16.6 Å². The second-order valence-electron chi connectivity index (χ2n) is 6.73. The van der Waals surface area contributed by atoms with Crippen molar-refractivity contribution in [2.75, 3.05) is 0 Å². The van der Waals surface area contributed by atoms with Gasteiger partial charge in [0.2, 0.25) is 0 Å². The van der Waals surface area contributed by atoms with E-state index < -0.39 is 0 Å². The van der Waals surface area contributed by atoms with E-state index in [9.17, 15) is 0 Å². The Labute approximate surface area is 145 Å². The summed E-state index contributed by atoms with van der Waals surface area (Å²) in [6.45, 7) is 0. The second-order valence-corrected chi connectivity index (χ2v) is 6.73. The molecule has 5 heteroatoms. The van der Waals surface area contributed by atoms with Crippen LogP contribution in [0.1, 0.15) is 31.7 Å². The summed E-state index contributed by atoms with van der Waals surface area (Å²) in [6, 6.07) is 15.5. The molecule has 1 saturated carbocycles. The normalized spacial score (nSPS) is 15.2. The molecule has 25 heavy (non-hydrogen) atoms. The summed E-state index contributed by atoms with van der Waals surface area (Å²) in [4.78, 5) is 4.40. The summed E-state index contributed by atoms with van der Waals surface area (Å²) >= 11 is 0. The van der Waals surface area contributed by atoms with E-state index >= 15 is 0 Å². The molecule has 4 aromatic rings. The number of aromatic amines is 1. The smallest absolute Gasteiger partial charge is 0.113 e. The Morgan fingerprint density at radius 3 is 2.40 bits per heavy atom. The van der Waals surface area contributed by atoms with Crippen molar-refractivity contribution in [1.82, 2.24) is 25.0 Å². The summed E-state index contributed by atoms with van der Waals surface area (Å²) < 4.78 is 2.35. The second kappa shape index (κ2) is 5.84. The number of nitrogens with one attached hydrogen (secondary N) is 1. The van der Waals surface area contributed by atoms with Crippen LogP contribution in [-0.2, 0) is 0 Å². The number of aromatic nitrogens is 5. The van der Waals surface area contributed by atoms with Crippen LogP contribution in [0.15, 0.2) is 55.0 Å². The zero-order chi connectivity index (χ0) is 16.6. The zero-order valence-electron chi connectivity index (χ0n) is 13.9. The molecule has 0 atom stereocenters. The number of fused-ring (bicyclic) bond motifs is 1. The first-order chi connectivity index (χ1) is 12.4. The minimum atomic E-state index is 0.603. The first-order valence-electron chi connectivity index (χ1n) is 8.82. The maximum atomic E-state index is 4.40. The standard InChI is InChI=1S/C20H19N5/c1-2-4-17(3-1)25-13-21-12-20(25)15-7-5-14(6-8-15)16-9-10-18-19(11-16)23-24-22-18/h5-13,17H,1-4H2,(H,22,23,24). The fourth-order valence-electron chi connectivity index (χ4n) is 3.85. The van der Waals surface area contributed by atoms with Crippen molar-refractivity contribution in [3.63, 3.8) is 0 Å². The summed E-state index contributed by atoms with van der Waals surface area (Å²) in [5.41, 5.74) is 6.54. The summed E-state index contributed by atoms with van der Waals surface area (Å²) in [7, 11) is 0. The van der Waals surface area contributed by atoms with Gasteiger partial charge in [-0.15, -0.1) is 0 Å². The molecule has 0 bridgehead atoms. The predicted molar refractivity (Wildman–Crippen MR) is 98.1 cm³/mol. The van der Waals surface area contributed by atoms with E-state index in [1.165, 1.54) is 42.5 Å². The van der Waals surface area contributed by atoms with Crippen LogP contribution in [-0.4, -0.2) is 25.0 Å². The first-order valence-corrected chi connectivity index (χ1v) is 8.82. The predicted octanol–water partition coefficient (Wildman–Crippen LogP) is 4.60. The largest absolute Gasteiger partial charge is 0.328 e. The van der Waals surface area contributed by atoms with Crippen molar-refractivity contribution in [3.05, 3.63) is 55.0 Å². The molecule has 0 aliphatic heterocycles. The number of imidazole rings is 1. The van der Waals surface area contributed by atoms with Crippen LogP contribution in [0.5, 0.6) is 0 Å². The van der Waals surface area contributed by atoms with Gasteiger partial charge in [0.15, 0.2) is 0 Å². The Kier molecular flexibility index (Phi) is 3.37. The van der Waals surface area contributed by atoms with Crippen LogP contribution >= 0.6 is 0 Å². The van der Waals surface area contributed by atoms with E-state index in [0.29, 0.717) is 6.04 Å². The Hall–Kier alpha value is -2.95. The van der Waals surface area contributed by atoms with Crippen molar-refractivity contribution < 1.29 is 0 Å². The third kappa shape index (κ3) is 2.52. The third-order valence-corrected chi connectivity index (χ3v) is 5.21. The van der Waals surface area contributed by atoms with Crippen molar-refractivity contribution >= 4 is 11.0 Å². The number of rotatable bonds is 3. The Balaban J connectivity index is 1.48. The molecule has 2 aromatic carbocycles. The fraction of sp³-hybridized carbons (Fsp3) is 0.250. The number of benzene rings is 2. The quantitative estimate of drug-likeness (QED) is 0.597. The van der Waals surface area contributed by atoms with E-state index in [1.54, 1.807) is 0 Å². The SMILES string of the molecule is c1cc(-c2cncn2C2CCCC2)ccc1-c1ccc2n[nH]nc2c1. The maximum absolute atomic E-state index is 4.40. The van der Waals surface area contributed by atoms with Gasteiger partial charge in [-0.1, -0.05) is 43.2 Å². The van der Waals surface area contributed by atoms with Crippen LogP contribution < -0.4 is 0 Å². The number of nitrogens with zero attached hydrogens (tertiary/aromatic N) is 4. The van der Waals surface area contributed by atoms with Crippen molar-refractivity contribution in [1.29, 1.82) is 0 Å². The molecule has 5 rings (SSSR count). The van der Waals surface area contributed by atoms with Gasteiger partial charge in [-0.3, -0.25) is 0 Å². The minimum absolute atomic E-state index is 0.603. The molecule has 0 radical (unpaired) electrons. The Morgan fingerprint density at radius 2 is 1.56 bits per heavy atom. The highest BCUT2D eigenvalue weighted by Gasteiger charge is 2.19. The van der Waals surface area contributed by atoms with Crippen LogP contribution in [0, 0.1) is 0 Å². The third-order valence-electron chi connectivity index (χ3n) is 5.21. The van der Waals surface area contributed by atoms with Gasteiger partial charge in [-0.25, -0.2) is 4.98 Å². The Bertz CT molecular complexity index is 1010. The average Bonchev–Trinajstić information content (AvgIpc) is 3.41. The number of hydrogen-bond donors (Lipinski definition) is 1. The van der Waals surface area contributed by atoms with Gasteiger partial charge >= 0.3 is 0 Å². The topological polar surface area (TPSA) is 59.4 Å². The monoisotopic (exact) mass is 329 g/mol. The number of hydrogen-bond acceptors (Lipinski definition) is 3. The highest BCUT2D eigenvalue weighted by molar-refractivity contribution is 5.81. The molecule has 2 heterocycles. The van der Waals surface area contributed by atoms with Gasteiger partial charge in [0.25, 0.3) is 0 Å². The summed E-state index contributed by atoms with van der Waals surface area (Å²) in [6.07, 6.45) is 9.14. The molecule has 1 aliphatic carbocycles. The molecule has 0 amide bonds. The molecule has 0 saturated heterocycles. The van der Waals surface area contributed by atoms with Crippen LogP contribution in [0.4, 0.5) is 0 Å². The minimum Gasteiger partial charge on any atom is -0.328 e. The number of H-pyrrole nitrogens is 1. The Morgan fingerprint density at radius 1 is 0.840 bits per heavy atom. The van der Waals surface area contributed by atoms with E-state index in [-0.39, 0.29) is 0 Å². The van der Waals surface area contributed by atoms with Gasteiger partial charge in [-0.2, -0.15) is 15.4 Å². The van der Waals surface area contributed by atoms with Gasteiger partial charge < -0.3 is 4.57 Å². The zero-order valence-corrected chi connectivity index (χ0v) is 13.9. The molecule has 124 valence electrons. The van der Waals surface area contributed by atoms with Crippen LogP contribution in [0.2, 0.25) is 0 Å². The van der Waals surface area contributed by atoms with E-state index in [1.807, 2.05) is 18.6 Å². The maximum Gasteiger partial charge on any atom is 0.113 e. The average molecular weight is 329 g/mol. The first kappa shape index (κ1) is 14.4. The molecule has 1 N–H and O–H groups in total. The molecule has 1 aliphatic rings. The lowest BCUT2D eigenvalue weighted by Gasteiger charge is -2.15. The summed E-state index contributed by atoms with van der Waals surface area (Å²) in [5, 5.41) is 10.9. The van der Waals surface area contributed by atoms with Gasteiger partial charge in [0.1, 0.15) is 11.0 Å². The van der Waals surface area contributed by atoms with E-state index in [2.05, 4.69) is 61.4 Å². The molecule has 1 fully saturated rings. The van der Waals surface area contributed by atoms with Crippen LogP contribution in [0.25, 0.3) is 33.4 Å². The lowest BCUT2D eigenvalue weighted by atomic mass is 10.0. The van der Waals surface area contributed by atoms with Crippen LogP contribution in [0.3, 0.4) is 0 Å². The fourth-order valence-corrected chi connectivity index (χ4v) is 3.85. The highest BCUT2D eigenvalue weighted by Crippen LogP contribution is 2.34. The molecule has 0 unspecified atom stereocenters. The van der Waals surface area contributed by atoms with Crippen molar-refractivity contribution in [2.24, 2.45) is 0 Å². The van der Waals surface area contributed by atoms with Crippen molar-refractivity contribution in [2.45, 2.75) is 31.7 Å². The molecule has 5 nitrogen and oxygen atoms in total. The lowest BCUT2D eigenvalue weighted by molar-refractivity contribution is 0.523. The van der Waals surface area contributed by atoms with Crippen molar-refractivity contribution in [3.8, 4) is 22.4 Å². The lowest BCUT2D eigenvalue weighted by Crippen LogP contribution is -2.04. The van der Waals surface area contributed by atoms with Gasteiger partial charge in [0.05, 0.1) is 18.2 Å². The highest BCUT2D eigenvalue weighted by atomic mass is 15.3. The molecule has 2 aromatic heterocycles. The van der Waals surface area contributed by atoms with Gasteiger partial charge in [0, 0.05) is 6.04 Å². The van der Waals surface area contributed by atoms with E-state index in [4.69, 9.17) is 0 Å². The molecule has 0 spiro atoms.